The Labute approximate surface area is 126 Å². The first-order valence-corrected chi connectivity index (χ1v) is 7.65. The highest BCUT2D eigenvalue weighted by Crippen LogP contribution is 2.35. The van der Waals surface area contributed by atoms with Crippen molar-refractivity contribution in [2.45, 2.75) is 31.8 Å². The highest BCUT2D eigenvalue weighted by molar-refractivity contribution is 5.29. The number of benzene rings is 1. The maximum Gasteiger partial charge on any atom is 0.217 e. The van der Waals surface area contributed by atoms with E-state index >= 15 is 0 Å². The van der Waals surface area contributed by atoms with Crippen molar-refractivity contribution in [1.82, 2.24) is 9.88 Å². The number of nitrogens with zero attached hydrogens (tertiary/aromatic N) is 2. The van der Waals surface area contributed by atoms with E-state index in [2.05, 4.69) is 46.3 Å². The fourth-order valence-electron chi connectivity index (χ4n) is 3.18. The Kier molecular flexibility index (Phi) is 4.51. The summed E-state index contributed by atoms with van der Waals surface area (Å²) in [6.07, 6.45) is 5.52. The number of hydrogen-bond donors (Lipinski definition) is 0. The van der Waals surface area contributed by atoms with Crippen LogP contribution in [0.5, 0.6) is 5.88 Å². The van der Waals surface area contributed by atoms with E-state index in [0.717, 1.165) is 19.0 Å². The van der Waals surface area contributed by atoms with Crippen LogP contribution in [0.1, 0.15) is 36.4 Å². The number of rotatable bonds is 4. The third-order valence-electron chi connectivity index (χ3n) is 4.20. The van der Waals surface area contributed by atoms with Crippen LogP contribution in [0.3, 0.4) is 0 Å². The zero-order chi connectivity index (χ0) is 14.5. The molecular formula is C18H22N2O. The maximum absolute atomic E-state index is 5.46. The Balaban J connectivity index is 1.84. The molecule has 1 fully saturated rings. The van der Waals surface area contributed by atoms with Gasteiger partial charge in [0.1, 0.15) is 0 Å². The minimum Gasteiger partial charge on any atom is -0.481 e. The van der Waals surface area contributed by atoms with E-state index in [0.29, 0.717) is 6.04 Å². The predicted octanol–water partition coefficient (Wildman–Crippen LogP) is 3.82. The lowest BCUT2D eigenvalue weighted by molar-refractivity contribution is 0.137. The molecule has 0 radical (unpaired) electrons. The fraction of sp³-hybridized carbons (Fsp3) is 0.389. The number of methoxy groups -OCH3 is 1. The van der Waals surface area contributed by atoms with Crippen molar-refractivity contribution < 1.29 is 4.74 Å². The Bertz CT molecular complexity index is 570. The second-order valence-corrected chi connectivity index (χ2v) is 5.57. The molecule has 0 N–H and O–H groups in total. The van der Waals surface area contributed by atoms with E-state index in [4.69, 9.17) is 4.74 Å². The van der Waals surface area contributed by atoms with E-state index in [1.54, 1.807) is 13.3 Å². The summed E-state index contributed by atoms with van der Waals surface area (Å²) < 4.78 is 5.46. The van der Waals surface area contributed by atoms with Crippen molar-refractivity contribution in [2.24, 2.45) is 0 Å². The lowest BCUT2D eigenvalue weighted by Crippen LogP contribution is -2.33. The van der Waals surface area contributed by atoms with Crippen LogP contribution in [0.2, 0.25) is 0 Å². The summed E-state index contributed by atoms with van der Waals surface area (Å²) in [7, 11) is 1.70. The van der Waals surface area contributed by atoms with Gasteiger partial charge < -0.3 is 4.74 Å². The number of pyridine rings is 1. The average Bonchev–Trinajstić information content (AvgIpc) is 2.56. The SMILES string of the molecule is COc1ncccc1C1CCCCN1Cc1ccccc1. The Morgan fingerprint density at radius 3 is 2.81 bits per heavy atom. The van der Waals surface area contributed by atoms with E-state index in [1.165, 1.54) is 30.4 Å². The van der Waals surface area contributed by atoms with Crippen LogP contribution in [0.4, 0.5) is 0 Å². The summed E-state index contributed by atoms with van der Waals surface area (Å²) in [5, 5.41) is 0. The summed E-state index contributed by atoms with van der Waals surface area (Å²) >= 11 is 0. The number of piperidine rings is 1. The van der Waals surface area contributed by atoms with Gasteiger partial charge in [-0.3, -0.25) is 4.90 Å². The number of ether oxygens (including phenoxy) is 1. The molecule has 0 bridgehead atoms. The molecule has 1 aliphatic heterocycles. The van der Waals surface area contributed by atoms with Crippen LogP contribution in [0, 0.1) is 0 Å². The van der Waals surface area contributed by atoms with E-state index in [-0.39, 0.29) is 0 Å². The van der Waals surface area contributed by atoms with Gasteiger partial charge in [0.05, 0.1) is 7.11 Å². The van der Waals surface area contributed by atoms with E-state index in [9.17, 15) is 0 Å². The minimum absolute atomic E-state index is 0.405. The van der Waals surface area contributed by atoms with Crippen LogP contribution >= 0.6 is 0 Å². The first-order valence-electron chi connectivity index (χ1n) is 7.65. The normalized spacial score (nSPS) is 19.4. The zero-order valence-corrected chi connectivity index (χ0v) is 12.5. The summed E-state index contributed by atoms with van der Waals surface area (Å²) in [5.41, 5.74) is 2.59. The highest BCUT2D eigenvalue weighted by Gasteiger charge is 2.26. The van der Waals surface area contributed by atoms with Crippen LogP contribution in [0.15, 0.2) is 48.7 Å². The van der Waals surface area contributed by atoms with Crippen molar-refractivity contribution in [3.8, 4) is 5.88 Å². The van der Waals surface area contributed by atoms with E-state index in [1.807, 2.05) is 6.07 Å². The molecule has 2 heterocycles. The van der Waals surface area contributed by atoms with Gasteiger partial charge in [-0.15, -0.1) is 0 Å². The van der Waals surface area contributed by atoms with Crippen LogP contribution in [0.25, 0.3) is 0 Å². The lowest BCUT2D eigenvalue weighted by atomic mass is 9.95. The molecule has 21 heavy (non-hydrogen) atoms. The van der Waals surface area contributed by atoms with Gasteiger partial charge in [0, 0.05) is 24.3 Å². The first-order chi connectivity index (χ1) is 10.4. The van der Waals surface area contributed by atoms with Crippen molar-refractivity contribution in [1.29, 1.82) is 0 Å². The number of hydrogen-bond acceptors (Lipinski definition) is 3. The molecule has 0 aliphatic carbocycles. The smallest absolute Gasteiger partial charge is 0.217 e. The highest BCUT2D eigenvalue weighted by atomic mass is 16.5. The molecule has 1 aliphatic rings. The number of aromatic nitrogens is 1. The average molecular weight is 282 g/mol. The largest absolute Gasteiger partial charge is 0.481 e. The summed E-state index contributed by atoms with van der Waals surface area (Å²) in [6, 6.07) is 15.3. The van der Waals surface area contributed by atoms with Crippen molar-refractivity contribution in [2.75, 3.05) is 13.7 Å². The Morgan fingerprint density at radius 1 is 1.14 bits per heavy atom. The first kappa shape index (κ1) is 14.1. The molecule has 3 heteroatoms. The van der Waals surface area contributed by atoms with Crippen molar-refractivity contribution in [3.05, 3.63) is 59.8 Å². The molecule has 3 rings (SSSR count). The summed E-state index contributed by atoms with van der Waals surface area (Å²) in [6.45, 7) is 2.13. The minimum atomic E-state index is 0.405. The molecule has 0 amide bonds. The predicted molar refractivity (Wildman–Crippen MR) is 84.2 cm³/mol. The van der Waals surface area contributed by atoms with Gasteiger partial charge in [-0.25, -0.2) is 4.98 Å². The van der Waals surface area contributed by atoms with Gasteiger partial charge in [0.15, 0.2) is 0 Å². The van der Waals surface area contributed by atoms with Gasteiger partial charge in [-0.05, 0) is 31.0 Å². The molecule has 0 saturated carbocycles. The topological polar surface area (TPSA) is 25.4 Å². The number of likely N-dealkylation sites (tertiary alicyclic amines) is 1. The van der Waals surface area contributed by atoms with Gasteiger partial charge in [0.2, 0.25) is 5.88 Å². The summed E-state index contributed by atoms with van der Waals surface area (Å²) in [5.74, 6) is 0.766. The van der Waals surface area contributed by atoms with Crippen molar-refractivity contribution in [3.63, 3.8) is 0 Å². The molecule has 0 spiro atoms. The Morgan fingerprint density at radius 2 is 2.00 bits per heavy atom. The molecule has 1 atom stereocenters. The lowest BCUT2D eigenvalue weighted by Gasteiger charge is -2.36. The zero-order valence-electron chi connectivity index (χ0n) is 12.5. The van der Waals surface area contributed by atoms with Gasteiger partial charge in [-0.1, -0.05) is 42.8 Å². The van der Waals surface area contributed by atoms with Gasteiger partial charge in [0.25, 0.3) is 0 Å². The third kappa shape index (κ3) is 3.24. The molecule has 110 valence electrons. The second-order valence-electron chi connectivity index (χ2n) is 5.57. The quantitative estimate of drug-likeness (QED) is 0.852. The fourth-order valence-corrected chi connectivity index (χ4v) is 3.18. The monoisotopic (exact) mass is 282 g/mol. The van der Waals surface area contributed by atoms with Crippen LogP contribution in [-0.4, -0.2) is 23.5 Å². The Hall–Kier alpha value is -1.87. The van der Waals surface area contributed by atoms with Gasteiger partial charge >= 0.3 is 0 Å². The van der Waals surface area contributed by atoms with Crippen LogP contribution in [-0.2, 0) is 6.54 Å². The molecule has 1 aromatic heterocycles. The van der Waals surface area contributed by atoms with Gasteiger partial charge in [-0.2, -0.15) is 0 Å². The molecule has 1 aromatic carbocycles. The third-order valence-corrected chi connectivity index (χ3v) is 4.20. The molecular weight excluding hydrogens is 260 g/mol. The van der Waals surface area contributed by atoms with E-state index < -0.39 is 0 Å². The molecule has 3 nitrogen and oxygen atoms in total. The molecule has 2 aromatic rings. The maximum atomic E-state index is 5.46. The van der Waals surface area contributed by atoms with Crippen molar-refractivity contribution >= 4 is 0 Å². The standard InChI is InChI=1S/C18H22N2O/c1-21-18-16(10-7-12-19-18)17-11-5-6-13-20(17)14-15-8-3-2-4-9-15/h2-4,7-10,12,17H,5-6,11,13-14H2,1H3. The molecule has 1 saturated heterocycles. The molecule has 1 unspecified atom stereocenters. The van der Waals surface area contributed by atoms with Crippen LogP contribution < -0.4 is 4.74 Å². The summed E-state index contributed by atoms with van der Waals surface area (Å²) in [4.78, 5) is 6.92. The second kappa shape index (κ2) is 6.72.